The Morgan fingerprint density at radius 3 is 2.44 bits per heavy atom. The first-order valence-electron chi connectivity index (χ1n) is 7.24. The highest BCUT2D eigenvalue weighted by atomic mass is 35.5. The van der Waals surface area contributed by atoms with Crippen molar-refractivity contribution < 1.29 is 13.2 Å². The molecule has 5 nitrogen and oxygen atoms in total. The lowest BCUT2D eigenvalue weighted by Crippen LogP contribution is -2.22. The zero-order valence-corrected chi connectivity index (χ0v) is 15.7. The minimum Gasteiger partial charge on any atom is -0.354 e. The minimum absolute atomic E-state index is 0.107. The van der Waals surface area contributed by atoms with E-state index in [9.17, 15) is 13.2 Å². The lowest BCUT2D eigenvalue weighted by atomic mass is 10.1. The number of H-pyrrole nitrogens is 1. The number of nitrogens with one attached hydrogen (secondary N) is 1. The van der Waals surface area contributed by atoms with Crippen LogP contribution < -0.4 is 0 Å². The number of benzene rings is 2. The molecule has 0 saturated carbocycles. The van der Waals surface area contributed by atoms with Crippen molar-refractivity contribution in [3.8, 4) is 11.3 Å². The second kappa shape index (κ2) is 6.46. The molecule has 0 unspecified atom stereocenters. The van der Waals surface area contributed by atoms with E-state index in [1.165, 1.54) is 26.2 Å². The molecular weight excluding hydrogens is 383 g/mol. The van der Waals surface area contributed by atoms with Gasteiger partial charge in [0, 0.05) is 41.1 Å². The molecule has 0 amide bonds. The third-order valence-electron chi connectivity index (χ3n) is 3.90. The SMILES string of the molecule is CN(C)S(=O)(=O)c1ccc2[nH]c(-c3cc(Cl)ccc3Cl)c(C=O)c2c1. The molecule has 0 bridgehead atoms. The molecule has 3 rings (SSSR count). The fraction of sp³-hybridized carbons (Fsp3) is 0.118. The fourth-order valence-corrected chi connectivity index (χ4v) is 3.90. The minimum atomic E-state index is -3.61. The Hall–Kier alpha value is -1.86. The molecule has 0 radical (unpaired) electrons. The van der Waals surface area contributed by atoms with Gasteiger partial charge in [-0.05, 0) is 36.4 Å². The Labute approximate surface area is 155 Å². The van der Waals surface area contributed by atoms with E-state index < -0.39 is 10.0 Å². The maximum atomic E-state index is 12.3. The molecule has 25 heavy (non-hydrogen) atoms. The van der Waals surface area contributed by atoms with Crippen LogP contribution in [0.2, 0.25) is 10.0 Å². The number of halogens is 2. The van der Waals surface area contributed by atoms with E-state index in [-0.39, 0.29) is 4.90 Å². The van der Waals surface area contributed by atoms with Gasteiger partial charge < -0.3 is 4.98 Å². The molecule has 0 aliphatic rings. The van der Waals surface area contributed by atoms with Gasteiger partial charge in [0.25, 0.3) is 0 Å². The number of sulfonamides is 1. The Morgan fingerprint density at radius 1 is 1.08 bits per heavy atom. The van der Waals surface area contributed by atoms with E-state index in [1.54, 1.807) is 24.3 Å². The second-order valence-corrected chi connectivity index (χ2v) is 8.65. The van der Waals surface area contributed by atoms with Crippen molar-refractivity contribution in [2.24, 2.45) is 0 Å². The number of aromatic amines is 1. The van der Waals surface area contributed by atoms with Gasteiger partial charge in [0.2, 0.25) is 10.0 Å². The Balaban J connectivity index is 2.30. The average molecular weight is 397 g/mol. The highest BCUT2D eigenvalue weighted by Gasteiger charge is 2.21. The molecule has 1 aromatic heterocycles. The summed E-state index contributed by atoms with van der Waals surface area (Å²) in [5.74, 6) is 0. The summed E-state index contributed by atoms with van der Waals surface area (Å²) in [6.07, 6.45) is 0.678. The van der Waals surface area contributed by atoms with Crippen LogP contribution in [0.1, 0.15) is 10.4 Å². The van der Waals surface area contributed by atoms with Crippen LogP contribution in [0.25, 0.3) is 22.2 Å². The summed E-state index contributed by atoms with van der Waals surface area (Å²) in [4.78, 5) is 14.9. The monoisotopic (exact) mass is 396 g/mol. The predicted octanol–water partition coefficient (Wildman–Crippen LogP) is 4.20. The zero-order valence-electron chi connectivity index (χ0n) is 13.4. The van der Waals surface area contributed by atoms with Crippen LogP contribution in [0.5, 0.6) is 0 Å². The molecule has 8 heteroatoms. The van der Waals surface area contributed by atoms with Gasteiger partial charge in [-0.25, -0.2) is 12.7 Å². The Bertz CT molecular complexity index is 1090. The predicted molar refractivity (Wildman–Crippen MR) is 100 cm³/mol. The Morgan fingerprint density at radius 2 is 1.80 bits per heavy atom. The maximum absolute atomic E-state index is 12.3. The number of hydrogen-bond acceptors (Lipinski definition) is 3. The molecule has 2 aromatic carbocycles. The summed E-state index contributed by atoms with van der Waals surface area (Å²) < 4.78 is 25.8. The topological polar surface area (TPSA) is 70.2 Å². The highest BCUT2D eigenvalue weighted by Crippen LogP contribution is 2.36. The number of rotatable bonds is 4. The van der Waals surface area contributed by atoms with Crippen LogP contribution in [-0.4, -0.2) is 38.1 Å². The summed E-state index contributed by atoms with van der Waals surface area (Å²) in [6, 6.07) is 9.54. The molecule has 0 fully saturated rings. The summed E-state index contributed by atoms with van der Waals surface area (Å²) in [5.41, 5.74) is 2.03. The van der Waals surface area contributed by atoms with Crippen LogP contribution >= 0.6 is 23.2 Å². The normalized spacial score (nSPS) is 12.0. The van der Waals surface area contributed by atoms with Crippen LogP contribution in [0.4, 0.5) is 0 Å². The molecule has 0 atom stereocenters. The molecule has 1 heterocycles. The first kappa shape index (κ1) is 17.9. The molecule has 0 aliphatic heterocycles. The number of fused-ring (bicyclic) bond motifs is 1. The number of hydrogen-bond donors (Lipinski definition) is 1. The van der Waals surface area contributed by atoms with Crippen molar-refractivity contribution in [3.63, 3.8) is 0 Å². The molecular formula is C17H14Cl2N2O3S. The van der Waals surface area contributed by atoms with E-state index in [2.05, 4.69) is 4.98 Å². The number of aromatic nitrogens is 1. The highest BCUT2D eigenvalue weighted by molar-refractivity contribution is 7.89. The van der Waals surface area contributed by atoms with Gasteiger partial charge in [-0.3, -0.25) is 4.79 Å². The molecule has 0 saturated heterocycles. The molecule has 3 aromatic rings. The van der Waals surface area contributed by atoms with Crippen LogP contribution in [0.15, 0.2) is 41.3 Å². The van der Waals surface area contributed by atoms with Crippen molar-refractivity contribution in [1.82, 2.24) is 9.29 Å². The summed E-state index contributed by atoms with van der Waals surface area (Å²) in [6.45, 7) is 0. The molecule has 130 valence electrons. The number of aldehydes is 1. The van der Waals surface area contributed by atoms with Crippen molar-refractivity contribution >= 4 is 50.4 Å². The van der Waals surface area contributed by atoms with E-state index in [0.29, 0.717) is 44.1 Å². The largest absolute Gasteiger partial charge is 0.354 e. The van der Waals surface area contributed by atoms with E-state index >= 15 is 0 Å². The van der Waals surface area contributed by atoms with Gasteiger partial charge in [-0.15, -0.1) is 0 Å². The quantitative estimate of drug-likeness (QED) is 0.671. The fourth-order valence-electron chi connectivity index (χ4n) is 2.59. The number of carbonyl (C=O) groups is 1. The van der Waals surface area contributed by atoms with Gasteiger partial charge in [-0.1, -0.05) is 23.2 Å². The smallest absolute Gasteiger partial charge is 0.242 e. The van der Waals surface area contributed by atoms with Crippen molar-refractivity contribution in [2.45, 2.75) is 4.90 Å². The van der Waals surface area contributed by atoms with E-state index in [1.807, 2.05) is 0 Å². The van der Waals surface area contributed by atoms with Gasteiger partial charge in [0.1, 0.15) is 0 Å². The first-order chi connectivity index (χ1) is 11.8. The lowest BCUT2D eigenvalue weighted by molar-refractivity contribution is 0.112. The second-order valence-electron chi connectivity index (χ2n) is 5.65. The molecule has 1 N–H and O–H groups in total. The number of nitrogens with zero attached hydrogens (tertiary/aromatic N) is 1. The molecule has 0 aliphatic carbocycles. The zero-order chi connectivity index (χ0) is 18.4. The summed E-state index contributed by atoms with van der Waals surface area (Å²) in [7, 11) is -0.702. The van der Waals surface area contributed by atoms with Gasteiger partial charge in [0.15, 0.2) is 6.29 Å². The van der Waals surface area contributed by atoms with Gasteiger partial charge >= 0.3 is 0 Å². The standard InChI is InChI=1S/C17H14Cl2N2O3S/c1-21(2)25(23,24)11-4-6-16-12(8-11)14(9-22)17(20-16)13-7-10(18)3-5-15(13)19/h3-9,20H,1-2H3. The first-order valence-corrected chi connectivity index (χ1v) is 9.44. The molecule has 0 spiro atoms. The van der Waals surface area contributed by atoms with Crippen molar-refractivity contribution in [2.75, 3.05) is 14.1 Å². The number of carbonyl (C=O) groups excluding carboxylic acids is 1. The summed E-state index contributed by atoms with van der Waals surface area (Å²) in [5, 5.41) is 1.41. The van der Waals surface area contributed by atoms with Crippen molar-refractivity contribution in [3.05, 3.63) is 52.0 Å². The summed E-state index contributed by atoms with van der Waals surface area (Å²) >= 11 is 12.3. The van der Waals surface area contributed by atoms with Gasteiger partial charge in [0.05, 0.1) is 15.6 Å². The lowest BCUT2D eigenvalue weighted by Gasteiger charge is -2.11. The van der Waals surface area contributed by atoms with Crippen molar-refractivity contribution in [1.29, 1.82) is 0 Å². The van der Waals surface area contributed by atoms with Gasteiger partial charge in [-0.2, -0.15) is 0 Å². The Kier molecular flexibility index (Phi) is 4.64. The third-order valence-corrected chi connectivity index (χ3v) is 6.28. The van der Waals surface area contributed by atoms with Crippen LogP contribution in [0.3, 0.4) is 0 Å². The van der Waals surface area contributed by atoms with E-state index in [0.717, 1.165) is 4.31 Å². The van der Waals surface area contributed by atoms with Crippen LogP contribution in [-0.2, 0) is 10.0 Å². The maximum Gasteiger partial charge on any atom is 0.242 e. The average Bonchev–Trinajstić information content (AvgIpc) is 2.94. The van der Waals surface area contributed by atoms with Crippen LogP contribution in [0, 0.1) is 0 Å². The third kappa shape index (κ3) is 3.06. The van der Waals surface area contributed by atoms with E-state index in [4.69, 9.17) is 23.2 Å².